The number of carbonyl (C=O) groups is 3. The maximum atomic E-state index is 15.9. The summed E-state index contributed by atoms with van der Waals surface area (Å²) in [5.41, 5.74) is -7.76. The number of hydrogen-bond acceptors (Lipinski definition) is 12. The number of benzene rings is 2. The summed E-state index contributed by atoms with van der Waals surface area (Å²) in [6.07, 6.45) is -4.47. The first-order valence-electron chi connectivity index (χ1n) is 23.1. The van der Waals surface area contributed by atoms with E-state index in [1.807, 2.05) is 51.1 Å². The predicted molar refractivity (Wildman–Crippen MR) is 257 cm³/mol. The molecule has 7 rings (SSSR count). The topological polar surface area (TPSA) is 176 Å². The van der Waals surface area contributed by atoms with Gasteiger partial charge in [0.15, 0.2) is 16.7 Å². The van der Waals surface area contributed by atoms with E-state index in [0.717, 1.165) is 40.6 Å². The highest BCUT2D eigenvalue weighted by Gasteiger charge is 2.53. The number of aliphatic hydroxyl groups excluding tert-OH is 1. The zero-order chi connectivity index (χ0) is 54.2. The van der Waals surface area contributed by atoms with Crippen LogP contribution in [0.4, 0.5) is 46.5 Å². The summed E-state index contributed by atoms with van der Waals surface area (Å²) in [7, 11) is 1.88. The molecule has 0 spiro atoms. The fourth-order valence-electron chi connectivity index (χ4n) is 9.12. The Balaban J connectivity index is 0.935. The molecule has 1 unspecified atom stereocenters. The average molecular weight is 1060 g/mol. The summed E-state index contributed by atoms with van der Waals surface area (Å²) in [4.78, 5) is 54.0. The summed E-state index contributed by atoms with van der Waals surface area (Å²) in [5.74, 6) is -5.44. The van der Waals surface area contributed by atoms with E-state index in [-0.39, 0.29) is 49.7 Å². The standard InChI is InChI=1S/C50H51F8N9O6S/c1-47(2,3)42(44(70)65-25-30(68)19-36(65)43-62-24-37(64(43)6)28-10-9-15-60-22-28)63-38(69)26-72-16-7-8-17-73-31-12-13-32(33(20-31)49(53,54)55)41-34(51)18-29(23-61-41)67-46(74)66(45(71)48(67,4)5)35-14-11-27(21-59)39(40(35)52)50(56,57)58/h9-15,18,20,22-24,30,36,42-43,62,68H,7-8,16-17,19,25-26H2,1-6H3,(H,63,69)/t30-,36+,42-,43?/m1/s1. The van der Waals surface area contributed by atoms with Crippen molar-refractivity contribution in [2.75, 3.05) is 43.2 Å². The van der Waals surface area contributed by atoms with Gasteiger partial charge in [-0.3, -0.25) is 29.3 Å². The number of ether oxygens (including phenoxy) is 2. The van der Waals surface area contributed by atoms with Gasteiger partial charge < -0.3 is 39.9 Å². The molecule has 0 aliphatic carbocycles. The quantitative estimate of drug-likeness (QED) is 0.0599. The van der Waals surface area contributed by atoms with Crippen molar-refractivity contribution in [3.05, 3.63) is 107 Å². The maximum absolute atomic E-state index is 15.9. The zero-order valence-corrected chi connectivity index (χ0v) is 41.6. The molecule has 2 fully saturated rings. The number of thiocarbonyl (C=S) groups is 1. The van der Waals surface area contributed by atoms with Crippen LogP contribution in [0.25, 0.3) is 17.0 Å². The number of nitriles is 1. The molecule has 0 radical (unpaired) electrons. The molecule has 3 aliphatic heterocycles. The Bertz CT molecular complexity index is 2890. The van der Waals surface area contributed by atoms with Crippen molar-refractivity contribution in [3.63, 3.8) is 0 Å². The highest BCUT2D eigenvalue weighted by molar-refractivity contribution is 7.81. The smallest absolute Gasteiger partial charge is 0.420 e. The van der Waals surface area contributed by atoms with Gasteiger partial charge in [0.2, 0.25) is 11.8 Å². The number of likely N-dealkylation sites (N-methyl/N-ethyl adjacent to an activating group) is 1. The van der Waals surface area contributed by atoms with E-state index in [1.54, 1.807) is 17.3 Å². The Morgan fingerprint density at radius 3 is 2.38 bits per heavy atom. The predicted octanol–water partition coefficient (Wildman–Crippen LogP) is 7.78. The van der Waals surface area contributed by atoms with Crippen molar-refractivity contribution in [2.24, 2.45) is 5.41 Å². The molecular weight excluding hydrogens is 1010 g/mol. The van der Waals surface area contributed by atoms with E-state index in [9.17, 15) is 45.8 Å². The highest BCUT2D eigenvalue weighted by Crippen LogP contribution is 2.44. The van der Waals surface area contributed by atoms with Gasteiger partial charge in [-0.05, 0) is 93.2 Å². The molecule has 2 aromatic heterocycles. The second-order valence-corrected chi connectivity index (χ2v) is 19.8. The van der Waals surface area contributed by atoms with Crippen molar-refractivity contribution in [1.29, 1.82) is 5.26 Å². The van der Waals surface area contributed by atoms with Crippen LogP contribution in [0.1, 0.15) is 76.1 Å². The summed E-state index contributed by atoms with van der Waals surface area (Å²) in [5, 5.41) is 25.4. The third-order valence-electron chi connectivity index (χ3n) is 12.8. The maximum Gasteiger partial charge on any atom is 0.420 e. The molecule has 0 bridgehead atoms. The Hall–Kier alpha value is -6.97. The van der Waals surface area contributed by atoms with Gasteiger partial charge in [-0.25, -0.2) is 8.78 Å². The van der Waals surface area contributed by atoms with Crippen LogP contribution in [0.5, 0.6) is 5.75 Å². The number of β-amino-alcohol motifs (C(OH)–C–C–N with tert-alkyl or cyclic N) is 1. The molecule has 2 saturated heterocycles. The van der Waals surface area contributed by atoms with Crippen molar-refractivity contribution >= 4 is 52.1 Å². The highest BCUT2D eigenvalue weighted by atomic mass is 32.1. The van der Waals surface area contributed by atoms with E-state index < -0.39 is 110 Å². The third kappa shape index (κ3) is 11.1. The van der Waals surface area contributed by atoms with Gasteiger partial charge in [0.25, 0.3) is 5.91 Å². The van der Waals surface area contributed by atoms with Crippen LogP contribution in [-0.2, 0) is 31.5 Å². The molecule has 4 atom stereocenters. The fraction of sp³-hybridized carbons (Fsp3) is 0.420. The minimum Gasteiger partial charge on any atom is -0.494 e. The molecule has 5 heterocycles. The number of unbranched alkanes of at least 4 members (excludes halogenated alkanes) is 1. The number of halogens is 8. The van der Waals surface area contributed by atoms with Crippen LogP contribution in [0.15, 0.2) is 73.3 Å². The number of nitrogens with zero attached hydrogens (tertiary/aromatic N) is 7. The van der Waals surface area contributed by atoms with Gasteiger partial charge >= 0.3 is 12.4 Å². The Morgan fingerprint density at radius 1 is 1.03 bits per heavy atom. The van der Waals surface area contributed by atoms with E-state index in [0.29, 0.717) is 29.9 Å². The number of likely N-dealkylation sites (tertiary alicyclic amines) is 1. The number of hydrogen-bond donors (Lipinski definition) is 3. The van der Waals surface area contributed by atoms with Gasteiger partial charge in [0.05, 0.1) is 59.2 Å². The minimum atomic E-state index is -5.33. The van der Waals surface area contributed by atoms with Crippen LogP contribution in [-0.4, -0.2) is 111 Å². The Kier molecular flexibility index (Phi) is 15.6. The SMILES string of the molecule is CN1C(c2cccnc2)=CNC1[C@@H]1C[C@@H](O)CN1C(=O)[C@@H](NC(=O)COCCCCOc1ccc(-c2ncc(N3C(=S)N(c4ccc(C#N)c(C(F)(F)F)c4F)C(=O)C3(C)C)cc2F)c(C(F)(F)F)c1)C(C)(C)C. The molecule has 394 valence electrons. The van der Waals surface area contributed by atoms with Gasteiger partial charge in [-0.2, -0.15) is 31.6 Å². The molecule has 0 saturated carbocycles. The number of aromatic nitrogens is 2. The number of nitrogens with one attached hydrogen (secondary N) is 2. The number of pyridine rings is 2. The first kappa shape index (κ1) is 54.8. The molecular formula is C50H51F8N9O6S. The monoisotopic (exact) mass is 1060 g/mol. The molecule has 3 N–H and O–H groups in total. The summed E-state index contributed by atoms with van der Waals surface area (Å²) in [6, 6.07) is 8.52. The number of amides is 3. The average Bonchev–Trinajstić information content (AvgIpc) is 3.95. The largest absolute Gasteiger partial charge is 0.494 e. The molecule has 15 nitrogen and oxygen atoms in total. The van der Waals surface area contributed by atoms with Gasteiger partial charge in [-0.1, -0.05) is 20.8 Å². The Labute approximate surface area is 425 Å². The van der Waals surface area contributed by atoms with Crippen LogP contribution in [0.3, 0.4) is 0 Å². The molecule has 2 aromatic carbocycles. The minimum absolute atomic E-state index is 0.0573. The lowest BCUT2D eigenvalue weighted by atomic mass is 9.85. The van der Waals surface area contributed by atoms with E-state index in [1.165, 1.54) is 26.0 Å². The van der Waals surface area contributed by atoms with E-state index in [4.69, 9.17) is 27.0 Å². The summed E-state index contributed by atoms with van der Waals surface area (Å²) < 4.78 is 127. The lowest BCUT2D eigenvalue weighted by Gasteiger charge is -2.39. The van der Waals surface area contributed by atoms with E-state index >= 15 is 8.78 Å². The molecule has 3 aliphatic rings. The van der Waals surface area contributed by atoms with Gasteiger partial charge in [0.1, 0.15) is 41.4 Å². The molecule has 3 amide bonds. The fourth-order valence-corrected chi connectivity index (χ4v) is 9.64. The first-order valence-corrected chi connectivity index (χ1v) is 23.5. The number of aliphatic hydroxyl groups is 1. The number of anilines is 2. The second-order valence-electron chi connectivity index (χ2n) is 19.4. The number of rotatable bonds is 15. The number of carbonyl (C=O) groups excluding carboxylic acids is 3. The van der Waals surface area contributed by atoms with Crippen LogP contribution < -0.4 is 25.2 Å². The normalized spacial score (nSPS) is 19.4. The van der Waals surface area contributed by atoms with E-state index in [2.05, 4.69) is 20.6 Å². The van der Waals surface area contributed by atoms with Crippen molar-refractivity contribution < 1.29 is 64.1 Å². The van der Waals surface area contributed by atoms with Crippen molar-refractivity contribution in [2.45, 2.75) is 96.1 Å². The third-order valence-corrected chi connectivity index (χ3v) is 13.2. The Morgan fingerprint density at radius 2 is 1.74 bits per heavy atom. The van der Waals surface area contributed by atoms with Crippen LogP contribution in [0, 0.1) is 28.4 Å². The molecule has 24 heteroatoms. The molecule has 4 aromatic rings. The van der Waals surface area contributed by atoms with Crippen LogP contribution >= 0.6 is 12.2 Å². The van der Waals surface area contributed by atoms with Gasteiger partial charge in [0, 0.05) is 56.0 Å². The number of alkyl halides is 6. The second kappa shape index (κ2) is 21.1. The van der Waals surface area contributed by atoms with Crippen LogP contribution in [0.2, 0.25) is 0 Å². The van der Waals surface area contributed by atoms with Crippen molar-refractivity contribution in [1.82, 2.24) is 30.4 Å². The summed E-state index contributed by atoms with van der Waals surface area (Å²) >= 11 is 5.38. The molecule has 74 heavy (non-hydrogen) atoms. The lowest BCUT2D eigenvalue weighted by molar-refractivity contribution is -0.142. The lowest BCUT2D eigenvalue weighted by Crippen LogP contribution is -2.59. The summed E-state index contributed by atoms with van der Waals surface area (Å²) in [6.45, 7) is 7.58. The zero-order valence-electron chi connectivity index (χ0n) is 40.7. The van der Waals surface area contributed by atoms with Crippen molar-refractivity contribution in [3.8, 4) is 23.1 Å². The van der Waals surface area contributed by atoms with Gasteiger partial charge in [-0.15, -0.1) is 0 Å². The first-order chi connectivity index (χ1) is 34.7.